The van der Waals surface area contributed by atoms with Crippen LogP contribution < -0.4 is 14.9 Å². The molecule has 2 N–H and O–H groups in total. The van der Waals surface area contributed by atoms with Crippen LogP contribution in [0.3, 0.4) is 0 Å². The minimum absolute atomic E-state index is 0.0258. The third-order valence-corrected chi connectivity index (χ3v) is 3.96. The number of hydrogen-bond donors (Lipinski definition) is 2. The first-order valence-electron chi connectivity index (χ1n) is 8.74. The van der Waals surface area contributed by atoms with Crippen LogP contribution in [0.5, 0.6) is 17.2 Å². The Morgan fingerprint density at radius 3 is 2.47 bits per heavy atom. The second kappa shape index (κ2) is 9.33. The van der Waals surface area contributed by atoms with Gasteiger partial charge in [-0.15, -0.1) is 0 Å². The van der Waals surface area contributed by atoms with E-state index in [1.807, 2.05) is 0 Å². The number of amides is 1. The second-order valence-corrected chi connectivity index (χ2v) is 6.06. The minimum atomic E-state index is -0.659. The molecule has 3 aromatic carbocycles. The zero-order valence-corrected chi connectivity index (χ0v) is 15.8. The number of nitrogens with zero attached hydrogens (tertiary/aromatic N) is 1. The lowest BCUT2D eigenvalue weighted by Gasteiger charge is -2.10. The summed E-state index contributed by atoms with van der Waals surface area (Å²) in [6.07, 6.45) is 1.38. The Hall–Kier alpha value is -4.20. The molecule has 0 bridgehead atoms. The summed E-state index contributed by atoms with van der Waals surface area (Å²) in [5, 5.41) is 13.3. The predicted octanol–water partition coefficient (Wildman–Crippen LogP) is 3.52. The van der Waals surface area contributed by atoms with Crippen molar-refractivity contribution in [3.63, 3.8) is 0 Å². The normalized spacial score (nSPS) is 10.6. The van der Waals surface area contributed by atoms with Crippen LogP contribution in [0.15, 0.2) is 71.8 Å². The van der Waals surface area contributed by atoms with Crippen molar-refractivity contribution in [1.29, 1.82) is 0 Å². The molecule has 0 fully saturated rings. The van der Waals surface area contributed by atoms with Gasteiger partial charge in [-0.2, -0.15) is 5.10 Å². The largest absolute Gasteiger partial charge is 0.508 e. The van der Waals surface area contributed by atoms with Gasteiger partial charge in [0.05, 0.1) is 18.9 Å². The summed E-state index contributed by atoms with van der Waals surface area (Å²) in [5.74, 6) is -1.18. The molecule has 0 heterocycles. The van der Waals surface area contributed by atoms with Gasteiger partial charge < -0.3 is 14.6 Å². The Labute approximate surface area is 171 Å². The SMILES string of the molecule is COc1cc(/C=N\NC(=O)c2cccc(O)c2)ccc1OC(=O)c1ccc(F)cc1. The number of esters is 1. The molecule has 1 amide bonds. The molecule has 152 valence electrons. The quantitative estimate of drug-likeness (QED) is 0.282. The van der Waals surface area contributed by atoms with E-state index in [1.165, 1.54) is 61.9 Å². The highest BCUT2D eigenvalue weighted by atomic mass is 19.1. The molecule has 3 aromatic rings. The van der Waals surface area contributed by atoms with Crippen molar-refractivity contribution in [3.05, 3.63) is 89.2 Å². The topological polar surface area (TPSA) is 97.2 Å². The Bertz CT molecular complexity index is 1100. The Balaban J connectivity index is 1.67. The van der Waals surface area contributed by atoms with Crippen LogP contribution in [-0.2, 0) is 0 Å². The van der Waals surface area contributed by atoms with E-state index >= 15 is 0 Å². The highest BCUT2D eigenvalue weighted by Crippen LogP contribution is 2.28. The number of hydrogen-bond acceptors (Lipinski definition) is 6. The van der Waals surface area contributed by atoms with Gasteiger partial charge in [-0.25, -0.2) is 14.6 Å². The van der Waals surface area contributed by atoms with Crippen molar-refractivity contribution >= 4 is 18.1 Å². The summed E-state index contributed by atoms with van der Waals surface area (Å²) in [5.41, 5.74) is 3.37. The number of hydrazone groups is 1. The van der Waals surface area contributed by atoms with E-state index in [-0.39, 0.29) is 28.4 Å². The number of carbonyl (C=O) groups excluding carboxylic acids is 2. The van der Waals surface area contributed by atoms with E-state index in [0.717, 1.165) is 0 Å². The first-order valence-corrected chi connectivity index (χ1v) is 8.74. The lowest BCUT2D eigenvalue weighted by atomic mass is 10.2. The molecule has 0 radical (unpaired) electrons. The van der Waals surface area contributed by atoms with Gasteiger partial charge in [0.2, 0.25) is 0 Å². The Morgan fingerprint density at radius 2 is 1.77 bits per heavy atom. The van der Waals surface area contributed by atoms with E-state index in [9.17, 15) is 19.1 Å². The molecule has 0 aliphatic heterocycles. The highest BCUT2D eigenvalue weighted by Gasteiger charge is 2.13. The zero-order valence-electron chi connectivity index (χ0n) is 15.8. The average molecular weight is 408 g/mol. The monoisotopic (exact) mass is 408 g/mol. The van der Waals surface area contributed by atoms with Gasteiger partial charge in [-0.1, -0.05) is 6.07 Å². The number of nitrogens with one attached hydrogen (secondary N) is 1. The Morgan fingerprint density at radius 1 is 1.00 bits per heavy atom. The number of ether oxygens (including phenoxy) is 2. The lowest BCUT2D eigenvalue weighted by molar-refractivity contribution is 0.0729. The second-order valence-electron chi connectivity index (χ2n) is 6.06. The van der Waals surface area contributed by atoms with E-state index < -0.39 is 17.7 Å². The van der Waals surface area contributed by atoms with Crippen LogP contribution in [0.1, 0.15) is 26.3 Å². The van der Waals surface area contributed by atoms with Crippen molar-refractivity contribution in [3.8, 4) is 17.2 Å². The van der Waals surface area contributed by atoms with Crippen LogP contribution >= 0.6 is 0 Å². The lowest BCUT2D eigenvalue weighted by Crippen LogP contribution is -2.17. The number of benzene rings is 3. The molecule has 0 saturated heterocycles. The fourth-order valence-electron chi connectivity index (χ4n) is 2.47. The fraction of sp³-hybridized carbons (Fsp3) is 0.0455. The molecule has 0 spiro atoms. The Kier molecular flexibility index (Phi) is 6.39. The average Bonchev–Trinajstić information content (AvgIpc) is 2.75. The molecule has 8 heteroatoms. The maximum absolute atomic E-state index is 13.0. The van der Waals surface area contributed by atoms with Crippen molar-refractivity contribution in [2.75, 3.05) is 7.11 Å². The summed E-state index contributed by atoms with van der Waals surface area (Å²) in [4.78, 5) is 24.2. The van der Waals surface area contributed by atoms with E-state index in [0.29, 0.717) is 5.56 Å². The highest BCUT2D eigenvalue weighted by molar-refractivity contribution is 5.95. The molecule has 0 aromatic heterocycles. The maximum Gasteiger partial charge on any atom is 0.343 e. The molecular weight excluding hydrogens is 391 g/mol. The number of methoxy groups -OCH3 is 1. The molecule has 0 aliphatic rings. The first kappa shape index (κ1) is 20.5. The minimum Gasteiger partial charge on any atom is -0.508 e. The van der Waals surface area contributed by atoms with Gasteiger partial charge in [-0.3, -0.25) is 4.79 Å². The number of phenolic OH excluding ortho intramolecular Hbond substituents is 1. The molecular formula is C22H17FN2O5. The summed E-state index contributed by atoms with van der Waals surface area (Å²) >= 11 is 0. The van der Waals surface area contributed by atoms with E-state index in [2.05, 4.69) is 10.5 Å². The van der Waals surface area contributed by atoms with Crippen molar-refractivity contribution < 1.29 is 28.6 Å². The standard InChI is InChI=1S/C22H17FN2O5/c1-29-20-11-14(13-24-25-21(27)16-3-2-4-18(26)12-16)5-10-19(20)30-22(28)15-6-8-17(23)9-7-15/h2-13,26H,1H3,(H,25,27)/b24-13-. The molecule has 30 heavy (non-hydrogen) atoms. The van der Waals surface area contributed by atoms with Gasteiger partial charge in [-0.05, 0) is 66.2 Å². The number of halogens is 1. The first-order chi connectivity index (χ1) is 14.5. The van der Waals surface area contributed by atoms with Gasteiger partial charge >= 0.3 is 5.97 Å². The van der Waals surface area contributed by atoms with Gasteiger partial charge in [0.15, 0.2) is 11.5 Å². The molecule has 0 aliphatic carbocycles. The van der Waals surface area contributed by atoms with Gasteiger partial charge in [0.25, 0.3) is 5.91 Å². The van der Waals surface area contributed by atoms with Crippen molar-refractivity contribution in [2.45, 2.75) is 0 Å². The summed E-state index contributed by atoms with van der Waals surface area (Å²) in [6.45, 7) is 0. The fourth-order valence-corrected chi connectivity index (χ4v) is 2.47. The van der Waals surface area contributed by atoms with Crippen molar-refractivity contribution in [1.82, 2.24) is 5.43 Å². The number of carbonyl (C=O) groups is 2. The zero-order chi connectivity index (χ0) is 21.5. The molecule has 0 saturated carbocycles. The number of rotatable bonds is 6. The van der Waals surface area contributed by atoms with Gasteiger partial charge in [0, 0.05) is 5.56 Å². The molecule has 7 nitrogen and oxygen atoms in total. The van der Waals surface area contributed by atoms with Crippen LogP contribution in [0.2, 0.25) is 0 Å². The van der Waals surface area contributed by atoms with Crippen LogP contribution in [0.4, 0.5) is 4.39 Å². The molecule has 3 rings (SSSR count). The van der Waals surface area contributed by atoms with E-state index in [1.54, 1.807) is 18.2 Å². The maximum atomic E-state index is 13.0. The summed E-state index contributed by atoms with van der Waals surface area (Å²) < 4.78 is 23.5. The molecule has 0 unspecified atom stereocenters. The third-order valence-electron chi connectivity index (χ3n) is 3.96. The van der Waals surface area contributed by atoms with Gasteiger partial charge in [0.1, 0.15) is 11.6 Å². The smallest absolute Gasteiger partial charge is 0.343 e. The molecule has 0 atom stereocenters. The third kappa shape index (κ3) is 5.20. The predicted molar refractivity (Wildman–Crippen MR) is 108 cm³/mol. The van der Waals surface area contributed by atoms with Crippen LogP contribution in [0.25, 0.3) is 0 Å². The number of phenols is 1. The van der Waals surface area contributed by atoms with Crippen LogP contribution in [-0.4, -0.2) is 30.3 Å². The summed E-state index contributed by atoms with van der Waals surface area (Å²) in [7, 11) is 1.41. The summed E-state index contributed by atoms with van der Waals surface area (Å²) in [6, 6.07) is 15.5. The van der Waals surface area contributed by atoms with Crippen LogP contribution in [0, 0.1) is 5.82 Å². The number of aromatic hydroxyl groups is 1. The van der Waals surface area contributed by atoms with E-state index in [4.69, 9.17) is 9.47 Å². The van der Waals surface area contributed by atoms with Crippen molar-refractivity contribution in [2.24, 2.45) is 5.10 Å².